The normalized spacial score (nSPS) is 35.6. The monoisotopic (exact) mass is 495 g/mol. The molecule has 188 valence electrons. The molecule has 7 aliphatic rings. The van der Waals surface area contributed by atoms with E-state index in [1.54, 1.807) is 24.8 Å². The van der Waals surface area contributed by atoms with Crippen molar-refractivity contribution >= 4 is 0 Å². The average molecular weight is 496 g/mol. The Hall–Kier alpha value is -3.33. The molecule has 7 fully saturated rings. The SMILES string of the molecule is c1ccc(-c2nc(-c3ccccc3)nc(-c3ccc(C45CC6C7CC8CC6C(C4)C(C8)C7C5)cc3)n2)cc1. The zero-order chi connectivity index (χ0) is 24.8. The largest absolute Gasteiger partial charge is 0.208 e. The lowest BCUT2D eigenvalue weighted by molar-refractivity contribution is -0.212. The summed E-state index contributed by atoms with van der Waals surface area (Å²) in [6, 6.07) is 29.9. The van der Waals surface area contributed by atoms with Crippen molar-refractivity contribution in [3.05, 3.63) is 90.5 Å². The van der Waals surface area contributed by atoms with Crippen LogP contribution in [0.4, 0.5) is 0 Å². The predicted molar refractivity (Wildman–Crippen MR) is 150 cm³/mol. The molecule has 38 heavy (non-hydrogen) atoms. The topological polar surface area (TPSA) is 38.7 Å². The van der Waals surface area contributed by atoms with Gasteiger partial charge < -0.3 is 0 Å². The van der Waals surface area contributed by atoms with Crippen LogP contribution in [0.25, 0.3) is 34.2 Å². The Balaban J connectivity index is 1.09. The first-order valence-corrected chi connectivity index (χ1v) is 14.7. The van der Waals surface area contributed by atoms with Crippen LogP contribution in [0, 0.1) is 41.4 Å². The van der Waals surface area contributed by atoms with E-state index in [0.717, 1.165) is 75.6 Å². The lowest BCUT2D eigenvalue weighted by Crippen LogP contribution is -2.66. The number of rotatable bonds is 4. The van der Waals surface area contributed by atoms with Crippen molar-refractivity contribution in [2.75, 3.05) is 0 Å². The van der Waals surface area contributed by atoms with Crippen molar-refractivity contribution in [3.63, 3.8) is 0 Å². The molecule has 11 rings (SSSR count). The molecule has 7 aliphatic carbocycles. The maximum absolute atomic E-state index is 4.95. The third kappa shape index (κ3) is 3.05. The summed E-state index contributed by atoms with van der Waals surface area (Å²) in [6.45, 7) is 0. The fraction of sp³-hybridized carbons (Fsp3) is 0.400. The van der Waals surface area contributed by atoms with E-state index in [2.05, 4.69) is 48.5 Å². The molecule has 3 nitrogen and oxygen atoms in total. The Kier molecular flexibility index (Phi) is 4.46. The van der Waals surface area contributed by atoms with Crippen LogP contribution in [0.2, 0.25) is 0 Å². The lowest BCUT2D eigenvalue weighted by Gasteiger charge is -2.72. The van der Waals surface area contributed by atoms with Crippen LogP contribution in [-0.2, 0) is 5.41 Å². The second kappa shape index (κ2) is 7.85. The van der Waals surface area contributed by atoms with Crippen LogP contribution in [-0.4, -0.2) is 15.0 Å². The van der Waals surface area contributed by atoms with Gasteiger partial charge in [0.05, 0.1) is 0 Å². The highest BCUT2D eigenvalue weighted by atomic mass is 15.0. The van der Waals surface area contributed by atoms with Gasteiger partial charge in [0, 0.05) is 16.7 Å². The number of nitrogens with zero attached hydrogens (tertiary/aromatic N) is 3. The molecule has 1 aromatic heterocycles. The molecule has 0 amide bonds. The molecule has 7 saturated carbocycles. The molecule has 0 N–H and O–H groups in total. The van der Waals surface area contributed by atoms with Crippen LogP contribution < -0.4 is 0 Å². The quantitative estimate of drug-likeness (QED) is 0.289. The van der Waals surface area contributed by atoms with Crippen molar-refractivity contribution in [3.8, 4) is 34.2 Å². The van der Waals surface area contributed by atoms with E-state index in [9.17, 15) is 0 Å². The molecule has 3 aromatic carbocycles. The molecule has 8 bridgehead atoms. The molecule has 0 unspecified atom stereocenters. The van der Waals surface area contributed by atoms with Crippen molar-refractivity contribution in [2.24, 2.45) is 41.4 Å². The molecule has 1 heterocycles. The Bertz CT molecular complexity index is 1390. The minimum absolute atomic E-state index is 0.412. The molecule has 0 atom stereocenters. The Morgan fingerprint density at radius 3 is 1.26 bits per heavy atom. The minimum atomic E-state index is 0.412. The fourth-order valence-corrected chi connectivity index (χ4v) is 10.2. The van der Waals surface area contributed by atoms with E-state index in [4.69, 9.17) is 15.0 Å². The Morgan fingerprint density at radius 2 is 0.842 bits per heavy atom. The van der Waals surface area contributed by atoms with E-state index < -0.39 is 0 Å². The van der Waals surface area contributed by atoms with E-state index >= 15 is 0 Å². The first kappa shape index (κ1) is 21.6. The van der Waals surface area contributed by atoms with Crippen LogP contribution in [0.15, 0.2) is 84.9 Å². The summed E-state index contributed by atoms with van der Waals surface area (Å²) in [7, 11) is 0. The van der Waals surface area contributed by atoms with Crippen molar-refractivity contribution < 1.29 is 0 Å². The van der Waals surface area contributed by atoms with Gasteiger partial charge >= 0.3 is 0 Å². The van der Waals surface area contributed by atoms with Crippen LogP contribution in [0.1, 0.15) is 44.1 Å². The second-order valence-electron chi connectivity index (χ2n) is 13.1. The Morgan fingerprint density at radius 1 is 0.447 bits per heavy atom. The first-order chi connectivity index (χ1) is 18.7. The van der Waals surface area contributed by atoms with Gasteiger partial charge in [-0.1, -0.05) is 84.9 Å². The maximum atomic E-state index is 4.95. The zero-order valence-corrected chi connectivity index (χ0v) is 21.7. The van der Waals surface area contributed by atoms with Gasteiger partial charge in [-0.05, 0) is 90.9 Å². The molecule has 4 aromatic rings. The highest BCUT2D eigenvalue weighted by Gasteiger charge is 2.67. The predicted octanol–water partition coefficient (Wildman–Crippen LogP) is 7.83. The van der Waals surface area contributed by atoms with Crippen molar-refractivity contribution in [1.82, 2.24) is 15.0 Å². The van der Waals surface area contributed by atoms with Crippen molar-refractivity contribution in [1.29, 1.82) is 0 Å². The van der Waals surface area contributed by atoms with Gasteiger partial charge in [0.1, 0.15) is 0 Å². The summed E-state index contributed by atoms with van der Waals surface area (Å²) >= 11 is 0. The van der Waals surface area contributed by atoms with Gasteiger partial charge in [0.25, 0.3) is 0 Å². The van der Waals surface area contributed by atoms with Crippen LogP contribution in [0.3, 0.4) is 0 Å². The molecular formula is C35H33N3. The lowest BCUT2D eigenvalue weighted by atomic mass is 9.32. The summed E-state index contributed by atoms with van der Waals surface area (Å²) in [5, 5.41) is 0. The van der Waals surface area contributed by atoms with Crippen LogP contribution >= 0.6 is 0 Å². The van der Waals surface area contributed by atoms with Gasteiger partial charge in [-0.15, -0.1) is 0 Å². The number of aromatic nitrogens is 3. The van der Waals surface area contributed by atoms with E-state index in [-0.39, 0.29) is 0 Å². The molecule has 0 saturated heterocycles. The summed E-state index contributed by atoms with van der Waals surface area (Å²) in [5.74, 6) is 9.46. The van der Waals surface area contributed by atoms with Gasteiger partial charge in [-0.3, -0.25) is 0 Å². The molecule has 0 spiro atoms. The third-order valence-corrected chi connectivity index (χ3v) is 11.5. The first-order valence-electron chi connectivity index (χ1n) is 14.7. The third-order valence-electron chi connectivity index (χ3n) is 11.5. The van der Waals surface area contributed by atoms with Crippen LogP contribution in [0.5, 0.6) is 0 Å². The number of hydrogen-bond acceptors (Lipinski definition) is 3. The second-order valence-corrected chi connectivity index (χ2v) is 13.1. The summed E-state index contributed by atoms with van der Waals surface area (Å²) < 4.78 is 0. The molecular weight excluding hydrogens is 462 g/mol. The van der Waals surface area contributed by atoms with E-state index in [1.165, 1.54) is 19.3 Å². The molecule has 3 heteroatoms. The van der Waals surface area contributed by atoms with Crippen molar-refractivity contribution in [2.45, 2.75) is 43.9 Å². The van der Waals surface area contributed by atoms with Gasteiger partial charge in [0.2, 0.25) is 0 Å². The highest BCUT2D eigenvalue weighted by Crippen LogP contribution is 2.74. The molecule has 0 aliphatic heterocycles. The summed E-state index contributed by atoms with van der Waals surface area (Å²) in [5.41, 5.74) is 5.10. The fourth-order valence-electron chi connectivity index (χ4n) is 10.2. The molecule has 0 radical (unpaired) electrons. The average Bonchev–Trinajstić information content (AvgIpc) is 3.00. The maximum Gasteiger partial charge on any atom is 0.164 e. The number of hydrogen-bond donors (Lipinski definition) is 0. The Labute approximate surface area is 224 Å². The minimum Gasteiger partial charge on any atom is -0.208 e. The standard InChI is InChI=1S/C35H33N3/c1-3-7-22(8-4-1)32-36-33(23-9-5-2-6-10-23)38-34(37-32)24-11-13-25(14-12-24)35-18-29-26-15-21-16-27(29)31(20-35)28(17-21)30(26)19-35/h1-14,21,26-31H,15-20H2. The zero-order valence-electron chi connectivity index (χ0n) is 21.7. The van der Waals surface area contributed by atoms with E-state index in [0.29, 0.717) is 5.41 Å². The smallest absolute Gasteiger partial charge is 0.164 e. The van der Waals surface area contributed by atoms with Gasteiger partial charge in [0.15, 0.2) is 17.5 Å². The highest BCUT2D eigenvalue weighted by molar-refractivity contribution is 5.66. The van der Waals surface area contributed by atoms with E-state index in [1.807, 2.05) is 36.4 Å². The summed E-state index contributed by atoms with van der Waals surface area (Å²) in [4.78, 5) is 14.8. The van der Waals surface area contributed by atoms with Gasteiger partial charge in [-0.2, -0.15) is 0 Å². The number of benzene rings is 3. The van der Waals surface area contributed by atoms with Gasteiger partial charge in [-0.25, -0.2) is 15.0 Å². The summed E-state index contributed by atoms with van der Waals surface area (Å²) in [6.07, 6.45) is 8.98.